The highest BCUT2D eigenvalue weighted by Crippen LogP contribution is 1.90. The molecule has 1 N–H and O–H groups in total. The van der Waals surface area contributed by atoms with Gasteiger partial charge in [0.2, 0.25) is 0 Å². The second kappa shape index (κ2) is 8.24. The lowest BCUT2D eigenvalue weighted by atomic mass is 10.2. The topological polar surface area (TPSA) is 36.8 Å². The number of aliphatic imine (C=N–C) groups is 2. The molecule has 0 aliphatic rings. The SMILES string of the molecule is CCCCCNC(C=NC)=NC. The zero-order valence-electron chi connectivity index (χ0n) is 8.30. The Hall–Kier alpha value is -0.860. The van der Waals surface area contributed by atoms with Crippen molar-refractivity contribution in [3.05, 3.63) is 0 Å². The Morgan fingerprint density at radius 3 is 2.58 bits per heavy atom. The van der Waals surface area contributed by atoms with Gasteiger partial charge in [0.05, 0.1) is 6.21 Å². The molecule has 3 nitrogen and oxygen atoms in total. The molecule has 0 amide bonds. The van der Waals surface area contributed by atoms with Gasteiger partial charge in [-0.2, -0.15) is 0 Å². The smallest absolute Gasteiger partial charge is 0.138 e. The van der Waals surface area contributed by atoms with Gasteiger partial charge in [0.15, 0.2) is 0 Å². The summed E-state index contributed by atoms with van der Waals surface area (Å²) in [5, 5.41) is 3.21. The normalized spacial score (nSPS) is 12.4. The fraction of sp³-hybridized carbons (Fsp3) is 0.778. The first-order valence-corrected chi connectivity index (χ1v) is 4.48. The minimum Gasteiger partial charge on any atom is -0.369 e. The monoisotopic (exact) mass is 169 g/mol. The van der Waals surface area contributed by atoms with E-state index >= 15 is 0 Å². The van der Waals surface area contributed by atoms with Crippen LogP contribution in [0.4, 0.5) is 0 Å². The van der Waals surface area contributed by atoms with E-state index in [4.69, 9.17) is 0 Å². The highest BCUT2D eigenvalue weighted by atomic mass is 15.0. The number of hydrogen-bond acceptors (Lipinski definition) is 2. The first-order chi connectivity index (χ1) is 5.85. The van der Waals surface area contributed by atoms with Crippen molar-refractivity contribution in [1.29, 1.82) is 0 Å². The van der Waals surface area contributed by atoms with Gasteiger partial charge < -0.3 is 5.32 Å². The number of unbranched alkanes of at least 4 members (excludes halogenated alkanes) is 2. The average Bonchev–Trinajstić information content (AvgIpc) is 2.10. The van der Waals surface area contributed by atoms with Crippen LogP contribution in [0.1, 0.15) is 26.2 Å². The van der Waals surface area contributed by atoms with Gasteiger partial charge in [-0.05, 0) is 6.42 Å². The molecule has 0 aromatic carbocycles. The van der Waals surface area contributed by atoms with Crippen LogP contribution in [0.3, 0.4) is 0 Å². The van der Waals surface area contributed by atoms with Crippen LogP contribution in [0, 0.1) is 0 Å². The van der Waals surface area contributed by atoms with Crippen LogP contribution in [-0.2, 0) is 0 Å². The van der Waals surface area contributed by atoms with Gasteiger partial charge in [0.1, 0.15) is 5.84 Å². The molecule has 12 heavy (non-hydrogen) atoms. The Labute approximate surface area is 75.0 Å². The third kappa shape index (κ3) is 5.89. The van der Waals surface area contributed by atoms with E-state index in [2.05, 4.69) is 22.2 Å². The molecule has 0 radical (unpaired) electrons. The molecule has 0 unspecified atom stereocenters. The number of amidine groups is 1. The van der Waals surface area contributed by atoms with E-state index in [1.54, 1.807) is 20.3 Å². The van der Waals surface area contributed by atoms with E-state index in [0.717, 1.165) is 12.4 Å². The molecule has 0 aliphatic carbocycles. The van der Waals surface area contributed by atoms with Gasteiger partial charge in [0.25, 0.3) is 0 Å². The first kappa shape index (κ1) is 11.1. The Kier molecular flexibility index (Phi) is 7.65. The summed E-state index contributed by atoms with van der Waals surface area (Å²) >= 11 is 0. The lowest BCUT2D eigenvalue weighted by Crippen LogP contribution is -2.25. The Balaban J connectivity index is 3.46. The van der Waals surface area contributed by atoms with Gasteiger partial charge >= 0.3 is 0 Å². The van der Waals surface area contributed by atoms with Crippen LogP contribution in [0.5, 0.6) is 0 Å². The number of rotatable bonds is 5. The van der Waals surface area contributed by atoms with Crippen molar-refractivity contribution in [2.75, 3.05) is 20.6 Å². The van der Waals surface area contributed by atoms with Crippen molar-refractivity contribution in [2.24, 2.45) is 9.98 Å². The van der Waals surface area contributed by atoms with Crippen molar-refractivity contribution in [2.45, 2.75) is 26.2 Å². The molecule has 0 atom stereocenters. The second-order valence-electron chi connectivity index (χ2n) is 2.63. The van der Waals surface area contributed by atoms with E-state index in [0.29, 0.717) is 0 Å². The molecule has 0 saturated carbocycles. The van der Waals surface area contributed by atoms with Gasteiger partial charge in [-0.1, -0.05) is 19.8 Å². The third-order valence-corrected chi connectivity index (χ3v) is 1.58. The quantitative estimate of drug-likeness (QED) is 0.378. The van der Waals surface area contributed by atoms with E-state index in [1.807, 2.05) is 0 Å². The molecule has 3 heteroatoms. The fourth-order valence-electron chi connectivity index (χ4n) is 0.896. The molecule has 0 heterocycles. The predicted octanol–water partition coefficient (Wildman–Crippen LogP) is 1.50. The summed E-state index contributed by atoms with van der Waals surface area (Å²) in [4.78, 5) is 7.92. The van der Waals surface area contributed by atoms with Crippen molar-refractivity contribution in [3.8, 4) is 0 Å². The minimum absolute atomic E-state index is 0.869. The first-order valence-electron chi connectivity index (χ1n) is 4.48. The standard InChI is InChI=1S/C9H19N3/c1-4-5-6-7-12-9(11-3)8-10-2/h8H,4-7H2,1-3H3,(H,11,12). The summed E-state index contributed by atoms with van der Waals surface area (Å²) in [6.45, 7) is 3.19. The van der Waals surface area contributed by atoms with Gasteiger partial charge in [-0.3, -0.25) is 9.98 Å². The van der Waals surface area contributed by atoms with E-state index in [-0.39, 0.29) is 0 Å². The molecule has 0 fully saturated rings. The molecule has 0 spiro atoms. The summed E-state index contributed by atoms with van der Waals surface area (Å²) in [6.07, 6.45) is 5.47. The molecule has 0 bridgehead atoms. The third-order valence-electron chi connectivity index (χ3n) is 1.58. The lowest BCUT2D eigenvalue weighted by molar-refractivity contribution is 0.697. The number of nitrogens with zero attached hydrogens (tertiary/aromatic N) is 2. The Bertz CT molecular complexity index is 150. The zero-order valence-corrected chi connectivity index (χ0v) is 8.30. The van der Waals surface area contributed by atoms with Crippen LogP contribution < -0.4 is 5.32 Å². The average molecular weight is 169 g/mol. The molecular formula is C9H19N3. The van der Waals surface area contributed by atoms with Crippen LogP contribution in [0.15, 0.2) is 9.98 Å². The lowest BCUT2D eigenvalue weighted by Gasteiger charge is -2.03. The van der Waals surface area contributed by atoms with Gasteiger partial charge in [0, 0.05) is 20.6 Å². The molecule has 0 aromatic heterocycles. The minimum atomic E-state index is 0.869. The zero-order chi connectivity index (χ0) is 9.23. The van der Waals surface area contributed by atoms with Crippen LogP contribution in [0.2, 0.25) is 0 Å². The molecular weight excluding hydrogens is 150 g/mol. The van der Waals surface area contributed by atoms with Gasteiger partial charge in [-0.25, -0.2) is 0 Å². The summed E-state index contributed by atoms with van der Waals surface area (Å²) < 4.78 is 0. The van der Waals surface area contributed by atoms with Crippen molar-refractivity contribution >= 4 is 12.1 Å². The van der Waals surface area contributed by atoms with E-state index < -0.39 is 0 Å². The Morgan fingerprint density at radius 1 is 1.33 bits per heavy atom. The van der Waals surface area contributed by atoms with Crippen molar-refractivity contribution in [1.82, 2.24) is 5.32 Å². The molecule has 0 saturated heterocycles. The maximum atomic E-state index is 4.03. The molecule has 0 aromatic rings. The van der Waals surface area contributed by atoms with Gasteiger partial charge in [-0.15, -0.1) is 0 Å². The molecule has 70 valence electrons. The highest BCUT2D eigenvalue weighted by molar-refractivity contribution is 6.29. The number of hydrogen-bond donors (Lipinski definition) is 1. The number of nitrogens with one attached hydrogen (secondary N) is 1. The largest absolute Gasteiger partial charge is 0.369 e. The molecule has 0 aliphatic heterocycles. The maximum Gasteiger partial charge on any atom is 0.138 e. The van der Waals surface area contributed by atoms with Crippen LogP contribution >= 0.6 is 0 Å². The predicted molar refractivity (Wildman–Crippen MR) is 55.3 cm³/mol. The summed E-state index contributed by atoms with van der Waals surface area (Å²) in [5.74, 6) is 0.869. The highest BCUT2D eigenvalue weighted by Gasteiger charge is 1.90. The Morgan fingerprint density at radius 2 is 2.08 bits per heavy atom. The molecule has 0 rings (SSSR count). The van der Waals surface area contributed by atoms with Crippen molar-refractivity contribution < 1.29 is 0 Å². The van der Waals surface area contributed by atoms with Crippen LogP contribution in [0.25, 0.3) is 0 Å². The van der Waals surface area contributed by atoms with E-state index in [9.17, 15) is 0 Å². The van der Waals surface area contributed by atoms with Crippen molar-refractivity contribution in [3.63, 3.8) is 0 Å². The van der Waals surface area contributed by atoms with E-state index in [1.165, 1.54) is 19.3 Å². The summed E-state index contributed by atoms with van der Waals surface area (Å²) in [5.41, 5.74) is 0. The summed E-state index contributed by atoms with van der Waals surface area (Å²) in [6, 6.07) is 0. The summed E-state index contributed by atoms with van der Waals surface area (Å²) in [7, 11) is 3.52. The second-order valence-corrected chi connectivity index (χ2v) is 2.63. The van der Waals surface area contributed by atoms with Crippen LogP contribution in [-0.4, -0.2) is 32.7 Å². The fourth-order valence-corrected chi connectivity index (χ4v) is 0.896. The maximum absolute atomic E-state index is 4.03.